The van der Waals surface area contributed by atoms with Gasteiger partial charge in [-0.25, -0.2) is 0 Å². The van der Waals surface area contributed by atoms with Crippen molar-refractivity contribution in [2.75, 3.05) is 13.1 Å². The number of hydrogen-bond acceptors (Lipinski definition) is 1. The van der Waals surface area contributed by atoms with Gasteiger partial charge in [0.2, 0.25) is 0 Å². The van der Waals surface area contributed by atoms with Crippen molar-refractivity contribution in [1.29, 1.82) is 0 Å². The first-order valence-corrected chi connectivity index (χ1v) is 9.56. The first-order valence-electron chi connectivity index (χ1n) is 9.56. The normalized spacial score (nSPS) is 19.9. The Kier molecular flexibility index (Phi) is 3.56. The number of benzene rings is 2. The lowest BCUT2D eigenvalue weighted by Gasteiger charge is -2.29. The van der Waals surface area contributed by atoms with Gasteiger partial charge in [0.1, 0.15) is 0 Å². The van der Waals surface area contributed by atoms with Gasteiger partial charge in [-0.15, -0.1) is 0 Å². The van der Waals surface area contributed by atoms with E-state index in [-0.39, 0.29) is 0 Å². The van der Waals surface area contributed by atoms with E-state index < -0.39 is 0 Å². The van der Waals surface area contributed by atoms with Crippen molar-refractivity contribution in [1.82, 2.24) is 5.32 Å². The van der Waals surface area contributed by atoms with Gasteiger partial charge in [0.15, 0.2) is 0 Å². The molecule has 1 N–H and O–H groups in total. The van der Waals surface area contributed by atoms with E-state index in [0.29, 0.717) is 0 Å². The lowest BCUT2D eigenvalue weighted by atomic mass is 9.79. The van der Waals surface area contributed by atoms with Crippen LogP contribution in [0.25, 0.3) is 11.6 Å². The fourth-order valence-corrected chi connectivity index (χ4v) is 5.08. The summed E-state index contributed by atoms with van der Waals surface area (Å²) in [6.07, 6.45) is 10.1. The third-order valence-corrected chi connectivity index (χ3v) is 6.26. The Bertz CT molecular complexity index is 993. The number of hydrogen-bond donors (Lipinski definition) is 1. The van der Waals surface area contributed by atoms with E-state index in [1.807, 2.05) is 0 Å². The van der Waals surface area contributed by atoms with Crippen LogP contribution in [-0.2, 0) is 12.8 Å². The zero-order valence-corrected chi connectivity index (χ0v) is 14.3. The van der Waals surface area contributed by atoms with Crippen LogP contribution in [0.1, 0.15) is 36.8 Å². The van der Waals surface area contributed by atoms with Gasteiger partial charge in [-0.2, -0.15) is 0 Å². The molecule has 1 saturated heterocycles. The van der Waals surface area contributed by atoms with E-state index in [1.54, 1.807) is 21.9 Å². The predicted octanol–water partition coefficient (Wildman–Crippen LogP) is 2.80. The van der Waals surface area contributed by atoms with E-state index in [0.717, 1.165) is 12.3 Å². The Labute approximate surface area is 143 Å². The van der Waals surface area contributed by atoms with Crippen LogP contribution in [0.3, 0.4) is 0 Å². The molecule has 1 fully saturated rings. The molecule has 0 bridgehead atoms. The van der Waals surface area contributed by atoms with Crippen molar-refractivity contribution in [2.24, 2.45) is 5.92 Å². The van der Waals surface area contributed by atoms with Crippen LogP contribution >= 0.6 is 0 Å². The molecule has 0 saturated carbocycles. The minimum atomic E-state index is 0.809. The van der Waals surface area contributed by atoms with Crippen LogP contribution in [0.5, 0.6) is 0 Å². The number of rotatable bonds is 1. The third kappa shape index (κ3) is 2.26. The minimum absolute atomic E-state index is 0.809. The van der Waals surface area contributed by atoms with E-state index >= 15 is 0 Å². The highest BCUT2D eigenvalue weighted by Gasteiger charge is 2.22. The van der Waals surface area contributed by atoms with Crippen molar-refractivity contribution in [3.05, 3.63) is 68.4 Å². The molecular formula is C23H25N. The van der Waals surface area contributed by atoms with Gasteiger partial charge >= 0.3 is 0 Å². The monoisotopic (exact) mass is 315 g/mol. The molecule has 1 aliphatic heterocycles. The van der Waals surface area contributed by atoms with Gasteiger partial charge < -0.3 is 5.32 Å². The van der Waals surface area contributed by atoms with Crippen molar-refractivity contribution in [2.45, 2.75) is 38.5 Å². The largest absolute Gasteiger partial charge is 0.317 e. The van der Waals surface area contributed by atoms with Gasteiger partial charge in [0.05, 0.1) is 0 Å². The van der Waals surface area contributed by atoms with Crippen molar-refractivity contribution < 1.29 is 0 Å². The Balaban J connectivity index is 1.79. The van der Waals surface area contributed by atoms with Gasteiger partial charge in [0.25, 0.3) is 0 Å². The molecule has 1 heterocycles. The molecule has 3 aliphatic rings. The Hall–Kier alpha value is -1.86. The summed E-state index contributed by atoms with van der Waals surface area (Å²) in [4.78, 5) is 0. The van der Waals surface area contributed by atoms with Gasteiger partial charge in [-0.1, -0.05) is 48.0 Å². The van der Waals surface area contributed by atoms with E-state index in [2.05, 4.69) is 47.8 Å². The van der Waals surface area contributed by atoms with Crippen LogP contribution in [0.4, 0.5) is 0 Å². The first-order chi connectivity index (χ1) is 11.9. The van der Waals surface area contributed by atoms with Crippen molar-refractivity contribution >= 4 is 11.6 Å². The van der Waals surface area contributed by atoms with E-state index in [4.69, 9.17) is 0 Å². The summed E-state index contributed by atoms with van der Waals surface area (Å²) in [5.74, 6) is 0.809. The summed E-state index contributed by atoms with van der Waals surface area (Å²) in [6, 6.07) is 13.7. The van der Waals surface area contributed by atoms with Crippen molar-refractivity contribution in [3.8, 4) is 0 Å². The summed E-state index contributed by atoms with van der Waals surface area (Å²) in [6.45, 7) is 2.38. The predicted molar refractivity (Wildman–Crippen MR) is 99.9 cm³/mol. The zero-order chi connectivity index (χ0) is 15.9. The van der Waals surface area contributed by atoms with Crippen LogP contribution in [0.2, 0.25) is 0 Å². The Morgan fingerprint density at radius 1 is 0.792 bits per heavy atom. The average Bonchev–Trinajstić information content (AvgIpc) is 2.67. The molecule has 5 rings (SSSR count). The fourth-order valence-electron chi connectivity index (χ4n) is 5.08. The average molecular weight is 315 g/mol. The topological polar surface area (TPSA) is 12.0 Å². The molecule has 2 aromatic carbocycles. The molecule has 1 nitrogen and oxygen atoms in total. The van der Waals surface area contributed by atoms with Gasteiger partial charge in [-0.3, -0.25) is 0 Å². The maximum Gasteiger partial charge on any atom is -0.00432 e. The molecule has 0 radical (unpaired) electrons. The lowest BCUT2D eigenvalue weighted by Crippen LogP contribution is -2.32. The maximum absolute atomic E-state index is 3.52. The molecule has 0 atom stereocenters. The van der Waals surface area contributed by atoms with Crippen LogP contribution < -0.4 is 15.8 Å². The number of fused-ring (bicyclic) bond motifs is 4. The quantitative estimate of drug-likeness (QED) is 0.853. The smallest absolute Gasteiger partial charge is 0.00432 e. The molecule has 2 aliphatic carbocycles. The fraction of sp³-hybridized carbons (Fsp3) is 0.391. The highest BCUT2D eigenvalue weighted by Crippen LogP contribution is 2.30. The van der Waals surface area contributed by atoms with Crippen LogP contribution in [0, 0.1) is 16.4 Å². The van der Waals surface area contributed by atoms with Crippen LogP contribution in [0.15, 0.2) is 36.4 Å². The molecule has 2 aromatic rings. The zero-order valence-electron chi connectivity index (χ0n) is 14.3. The second-order valence-electron chi connectivity index (χ2n) is 7.52. The SMILES string of the molecule is C1=c2ccccc2=c2ccc3c(c2C1)CCCC=3C1CCNCC1. The van der Waals surface area contributed by atoms with Crippen LogP contribution in [-0.4, -0.2) is 13.1 Å². The molecule has 0 unspecified atom stereocenters. The Morgan fingerprint density at radius 2 is 1.62 bits per heavy atom. The lowest BCUT2D eigenvalue weighted by molar-refractivity contribution is 0.435. The summed E-state index contributed by atoms with van der Waals surface area (Å²) >= 11 is 0. The Morgan fingerprint density at radius 3 is 2.54 bits per heavy atom. The summed E-state index contributed by atoms with van der Waals surface area (Å²) in [7, 11) is 0. The molecule has 0 amide bonds. The molecule has 122 valence electrons. The first kappa shape index (κ1) is 14.5. The minimum Gasteiger partial charge on any atom is -0.317 e. The number of piperidine rings is 1. The maximum atomic E-state index is 3.52. The molecule has 24 heavy (non-hydrogen) atoms. The number of nitrogens with one attached hydrogen (secondary N) is 1. The summed E-state index contributed by atoms with van der Waals surface area (Å²) in [5.41, 5.74) is 5.04. The summed E-state index contributed by atoms with van der Waals surface area (Å²) in [5, 5.41) is 9.45. The second kappa shape index (κ2) is 5.89. The van der Waals surface area contributed by atoms with E-state index in [1.165, 1.54) is 60.8 Å². The van der Waals surface area contributed by atoms with Gasteiger partial charge in [-0.05, 0) is 89.5 Å². The molecule has 1 heteroatoms. The highest BCUT2D eigenvalue weighted by atomic mass is 14.9. The highest BCUT2D eigenvalue weighted by molar-refractivity contribution is 5.55. The van der Waals surface area contributed by atoms with Crippen molar-refractivity contribution in [3.63, 3.8) is 0 Å². The second-order valence-corrected chi connectivity index (χ2v) is 7.52. The summed E-state index contributed by atoms with van der Waals surface area (Å²) < 4.78 is 0. The standard InChI is InChI=1S/C23H25N/c1-2-5-18-16(4-1)8-9-23-20-7-3-6-19(17-12-14-24-15-13-17)21(20)10-11-22(18)23/h1-2,4-5,8,10-11,17,24H,3,6-7,9,12-15H2. The third-order valence-electron chi connectivity index (χ3n) is 6.26. The molecule has 0 aromatic heterocycles. The molecular weight excluding hydrogens is 290 g/mol. The van der Waals surface area contributed by atoms with E-state index in [9.17, 15) is 0 Å². The molecule has 0 spiro atoms. The van der Waals surface area contributed by atoms with Gasteiger partial charge in [0, 0.05) is 0 Å².